The Labute approximate surface area is 130 Å². The smallest absolute Gasteiger partial charge is 0.384 e. The number of aliphatic hydroxyl groups is 1. The van der Waals surface area contributed by atoms with Gasteiger partial charge in [-0.25, -0.2) is 0 Å². The monoisotopic (exact) mass is 342 g/mol. The number of aliphatic hydroxyl groups excluding tert-OH is 1. The molecule has 4 aliphatic carbocycles. The molecule has 0 saturated heterocycles. The Morgan fingerprint density at radius 3 is 2.09 bits per heavy atom. The lowest BCUT2D eigenvalue weighted by Gasteiger charge is -2.48. The van der Waals surface area contributed by atoms with E-state index in [0.717, 1.165) is 19.3 Å². The van der Waals surface area contributed by atoms with Gasteiger partial charge in [0.2, 0.25) is 0 Å². The summed E-state index contributed by atoms with van der Waals surface area (Å²) in [5.74, 6) is 0.114. The second-order valence-electron chi connectivity index (χ2n) is 8.21. The largest absolute Gasteiger partial charge is 0.414 e. The number of halogens is 6. The van der Waals surface area contributed by atoms with Crippen LogP contribution < -0.4 is 0 Å². The summed E-state index contributed by atoms with van der Waals surface area (Å²) in [6.07, 6.45) is -10.7. The number of fused-ring (bicyclic) bond motifs is 9. The van der Waals surface area contributed by atoms with Gasteiger partial charge in [-0.1, -0.05) is 0 Å². The van der Waals surface area contributed by atoms with Gasteiger partial charge in [0.25, 0.3) is 0 Å². The summed E-state index contributed by atoms with van der Waals surface area (Å²) in [4.78, 5) is 0. The molecule has 0 aliphatic heterocycles. The van der Waals surface area contributed by atoms with Crippen molar-refractivity contribution in [2.75, 3.05) is 0 Å². The quantitative estimate of drug-likeness (QED) is 0.577. The zero-order valence-electron chi connectivity index (χ0n) is 12.5. The van der Waals surface area contributed by atoms with Crippen molar-refractivity contribution in [2.45, 2.75) is 57.0 Å². The summed E-state index contributed by atoms with van der Waals surface area (Å²) >= 11 is 0. The summed E-state index contributed by atoms with van der Waals surface area (Å²) in [7, 11) is 0. The van der Waals surface area contributed by atoms with Crippen LogP contribution in [0.3, 0.4) is 0 Å². The van der Waals surface area contributed by atoms with E-state index in [4.69, 9.17) is 0 Å². The average Bonchev–Trinajstić information content (AvgIpc) is 3.14. The van der Waals surface area contributed by atoms with Gasteiger partial charge >= 0.3 is 12.4 Å². The molecule has 4 aliphatic rings. The lowest BCUT2D eigenvalue weighted by Crippen LogP contribution is -2.52. The predicted molar refractivity (Wildman–Crippen MR) is 69.2 cm³/mol. The molecule has 0 aromatic heterocycles. The third-order valence-electron chi connectivity index (χ3n) is 7.45. The van der Waals surface area contributed by atoms with E-state index in [0.29, 0.717) is 12.3 Å². The molecular weight excluding hydrogens is 322 g/mol. The number of rotatable bonds is 2. The summed E-state index contributed by atoms with van der Waals surface area (Å²) in [6.45, 7) is 0. The lowest BCUT2D eigenvalue weighted by atomic mass is 9.59. The van der Waals surface area contributed by atoms with E-state index in [1.165, 1.54) is 0 Å². The van der Waals surface area contributed by atoms with E-state index < -0.39 is 36.2 Å². The molecule has 8 atom stereocenters. The Hall–Kier alpha value is -0.460. The molecule has 23 heavy (non-hydrogen) atoms. The van der Waals surface area contributed by atoms with E-state index in [9.17, 15) is 31.4 Å². The highest BCUT2D eigenvalue weighted by Crippen LogP contribution is 2.75. The van der Waals surface area contributed by atoms with Crippen molar-refractivity contribution in [3.05, 3.63) is 0 Å². The SMILES string of the molecule is OC(CC1(C(F)(F)F)CC2CC1C1C3CCC(C3)C21)C(F)(F)F. The zero-order chi connectivity index (χ0) is 16.8. The van der Waals surface area contributed by atoms with E-state index >= 15 is 0 Å². The van der Waals surface area contributed by atoms with E-state index in [2.05, 4.69) is 0 Å². The fraction of sp³-hybridized carbons (Fsp3) is 1.00. The molecule has 0 heterocycles. The highest BCUT2D eigenvalue weighted by Gasteiger charge is 2.74. The van der Waals surface area contributed by atoms with Gasteiger partial charge in [-0.15, -0.1) is 0 Å². The topological polar surface area (TPSA) is 20.2 Å². The van der Waals surface area contributed by atoms with Gasteiger partial charge < -0.3 is 5.11 Å². The minimum absolute atomic E-state index is 0.0745. The van der Waals surface area contributed by atoms with Crippen LogP contribution in [0.4, 0.5) is 26.3 Å². The Bertz CT molecular complexity index is 500. The van der Waals surface area contributed by atoms with Crippen LogP contribution in [-0.2, 0) is 0 Å². The van der Waals surface area contributed by atoms with Gasteiger partial charge in [0, 0.05) is 0 Å². The molecule has 4 fully saturated rings. The molecule has 0 aromatic rings. The minimum Gasteiger partial charge on any atom is -0.384 e. The summed E-state index contributed by atoms with van der Waals surface area (Å²) < 4.78 is 79.6. The van der Waals surface area contributed by atoms with Crippen molar-refractivity contribution in [1.29, 1.82) is 0 Å². The molecule has 0 radical (unpaired) electrons. The normalized spacial score (nSPS) is 49.7. The first-order chi connectivity index (χ1) is 10.5. The summed E-state index contributed by atoms with van der Waals surface area (Å²) in [6, 6.07) is 0. The van der Waals surface area contributed by atoms with Crippen LogP contribution in [0.5, 0.6) is 0 Å². The Kier molecular flexibility index (Phi) is 3.19. The van der Waals surface area contributed by atoms with Crippen molar-refractivity contribution in [2.24, 2.45) is 40.9 Å². The standard InChI is InChI=1S/C16H20F6O/c17-15(18,19)11(23)6-14(16(20,21)22)5-9-4-10(14)13-8-2-1-7(3-8)12(9)13/h7-13,23H,1-6H2. The van der Waals surface area contributed by atoms with E-state index in [-0.39, 0.29) is 30.1 Å². The zero-order valence-corrected chi connectivity index (χ0v) is 12.5. The van der Waals surface area contributed by atoms with Crippen molar-refractivity contribution >= 4 is 0 Å². The second-order valence-corrected chi connectivity index (χ2v) is 8.21. The van der Waals surface area contributed by atoms with Crippen molar-refractivity contribution in [1.82, 2.24) is 0 Å². The molecule has 4 rings (SSSR count). The molecule has 1 N–H and O–H groups in total. The van der Waals surface area contributed by atoms with E-state index in [1.54, 1.807) is 0 Å². The summed E-state index contributed by atoms with van der Waals surface area (Å²) in [5, 5.41) is 9.35. The van der Waals surface area contributed by atoms with Crippen molar-refractivity contribution < 1.29 is 31.4 Å². The lowest BCUT2D eigenvalue weighted by molar-refractivity contribution is -0.282. The minimum atomic E-state index is -4.99. The highest BCUT2D eigenvalue weighted by atomic mass is 19.4. The maximum absolute atomic E-state index is 13.8. The second kappa shape index (κ2) is 4.58. The fourth-order valence-electron chi connectivity index (χ4n) is 6.89. The highest BCUT2D eigenvalue weighted by molar-refractivity contribution is 5.17. The molecule has 132 valence electrons. The van der Waals surface area contributed by atoms with Gasteiger partial charge in [0.05, 0.1) is 5.41 Å². The molecule has 0 aromatic carbocycles. The Morgan fingerprint density at radius 1 is 0.913 bits per heavy atom. The van der Waals surface area contributed by atoms with Crippen LogP contribution in [-0.4, -0.2) is 23.6 Å². The van der Waals surface area contributed by atoms with Crippen molar-refractivity contribution in [3.63, 3.8) is 0 Å². The molecule has 7 heteroatoms. The third kappa shape index (κ3) is 2.04. The van der Waals surface area contributed by atoms with Gasteiger partial charge in [0.1, 0.15) is 0 Å². The Balaban J connectivity index is 1.67. The molecular formula is C16H20F6O. The number of hydrogen-bond donors (Lipinski definition) is 1. The third-order valence-corrected chi connectivity index (χ3v) is 7.45. The maximum atomic E-state index is 13.8. The first kappa shape index (κ1) is 16.0. The average molecular weight is 342 g/mol. The Morgan fingerprint density at radius 2 is 1.52 bits per heavy atom. The predicted octanol–water partition coefficient (Wildman–Crippen LogP) is 4.55. The summed E-state index contributed by atoms with van der Waals surface area (Å²) in [5.41, 5.74) is -2.35. The van der Waals surface area contributed by atoms with E-state index in [1.807, 2.05) is 0 Å². The molecule has 4 bridgehead atoms. The maximum Gasteiger partial charge on any atom is 0.414 e. The molecule has 0 amide bonds. The molecule has 0 spiro atoms. The van der Waals surface area contributed by atoms with Gasteiger partial charge in [-0.05, 0) is 74.0 Å². The number of alkyl halides is 6. The first-order valence-electron chi connectivity index (χ1n) is 8.36. The van der Waals surface area contributed by atoms with Gasteiger partial charge in [-0.2, -0.15) is 26.3 Å². The van der Waals surface area contributed by atoms with Crippen molar-refractivity contribution in [3.8, 4) is 0 Å². The van der Waals surface area contributed by atoms with Crippen LogP contribution in [0.1, 0.15) is 38.5 Å². The molecule has 4 saturated carbocycles. The van der Waals surface area contributed by atoms with Crippen LogP contribution >= 0.6 is 0 Å². The van der Waals surface area contributed by atoms with Crippen LogP contribution in [0.25, 0.3) is 0 Å². The van der Waals surface area contributed by atoms with Gasteiger partial charge in [-0.3, -0.25) is 0 Å². The molecule has 1 nitrogen and oxygen atoms in total. The van der Waals surface area contributed by atoms with Crippen LogP contribution in [0.2, 0.25) is 0 Å². The first-order valence-corrected chi connectivity index (χ1v) is 8.36. The number of hydrogen-bond acceptors (Lipinski definition) is 1. The van der Waals surface area contributed by atoms with Crippen LogP contribution in [0, 0.1) is 40.9 Å². The fourth-order valence-corrected chi connectivity index (χ4v) is 6.89. The van der Waals surface area contributed by atoms with Crippen LogP contribution in [0.15, 0.2) is 0 Å². The van der Waals surface area contributed by atoms with Gasteiger partial charge in [0.15, 0.2) is 6.10 Å². The molecule has 8 unspecified atom stereocenters.